The van der Waals surface area contributed by atoms with Crippen LogP contribution in [0.3, 0.4) is 0 Å². The molecule has 154 valence electrons. The predicted molar refractivity (Wildman–Crippen MR) is 122 cm³/mol. The molecule has 0 bridgehead atoms. The van der Waals surface area contributed by atoms with Crippen molar-refractivity contribution in [2.45, 2.75) is 38.5 Å². The fraction of sp³-hybridized carbons (Fsp3) is 0.269. The summed E-state index contributed by atoms with van der Waals surface area (Å²) in [7, 11) is 0. The van der Waals surface area contributed by atoms with E-state index >= 15 is 0 Å². The number of amidine groups is 1. The SMILES string of the molecule is Cc1ccc2c(c1)CCc1cc(C)ccc1C2(CCN)C(N)=Nc1ccc(F)cc1. The standard InChI is InChI=1S/C26H28FN3/c1-17-3-11-23-19(15-17)5-6-20-16-18(2)4-12-24(20)26(23,13-14-28)25(29)30-22-9-7-21(27)8-10-22/h3-4,7-12,15-16H,5-6,13-14,28H2,1-2H3,(H2,29,30). The van der Waals surface area contributed by atoms with Crippen LogP contribution in [-0.2, 0) is 18.3 Å². The van der Waals surface area contributed by atoms with Crippen LogP contribution in [0.15, 0.2) is 65.7 Å². The summed E-state index contributed by atoms with van der Waals surface area (Å²) < 4.78 is 13.4. The molecule has 0 saturated heterocycles. The monoisotopic (exact) mass is 401 g/mol. The number of fused-ring (bicyclic) bond motifs is 2. The fourth-order valence-corrected chi connectivity index (χ4v) is 4.75. The van der Waals surface area contributed by atoms with E-state index in [0.717, 1.165) is 12.8 Å². The summed E-state index contributed by atoms with van der Waals surface area (Å²) in [5.74, 6) is 0.206. The average molecular weight is 402 g/mol. The molecule has 0 spiro atoms. The van der Waals surface area contributed by atoms with E-state index in [4.69, 9.17) is 16.5 Å². The maximum absolute atomic E-state index is 13.4. The van der Waals surface area contributed by atoms with Crippen LogP contribution in [0.2, 0.25) is 0 Å². The van der Waals surface area contributed by atoms with Gasteiger partial charge in [0, 0.05) is 0 Å². The van der Waals surface area contributed by atoms with Gasteiger partial charge in [0.25, 0.3) is 0 Å². The highest BCUT2D eigenvalue weighted by Gasteiger charge is 2.42. The molecule has 3 nitrogen and oxygen atoms in total. The Morgan fingerprint density at radius 1 is 0.900 bits per heavy atom. The smallest absolute Gasteiger partial charge is 0.123 e. The predicted octanol–water partition coefficient (Wildman–Crippen LogP) is 4.86. The number of aryl methyl sites for hydroxylation is 4. The van der Waals surface area contributed by atoms with Crippen LogP contribution in [0, 0.1) is 19.7 Å². The number of rotatable bonds is 4. The summed E-state index contributed by atoms with van der Waals surface area (Å²) in [5.41, 5.74) is 20.4. The van der Waals surface area contributed by atoms with Gasteiger partial charge in [0.15, 0.2) is 0 Å². The zero-order chi connectivity index (χ0) is 21.3. The van der Waals surface area contributed by atoms with Crippen molar-refractivity contribution in [2.24, 2.45) is 16.5 Å². The quantitative estimate of drug-likeness (QED) is 0.484. The van der Waals surface area contributed by atoms with E-state index in [0.29, 0.717) is 24.5 Å². The van der Waals surface area contributed by atoms with E-state index in [1.165, 1.54) is 45.5 Å². The average Bonchev–Trinajstić information content (AvgIpc) is 2.85. The molecule has 3 aromatic rings. The summed E-state index contributed by atoms with van der Waals surface area (Å²) in [6, 6.07) is 19.3. The third kappa shape index (κ3) is 3.52. The second-order valence-electron chi connectivity index (χ2n) is 8.24. The normalized spacial score (nSPS) is 15.3. The molecule has 0 atom stereocenters. The molecule has 4 N–H and O–H groups in total. The van der Waals surface area contributed by atoms with Crippen LogP contribution in [-0.4, -0.2) is 12.4 Å². The summed E-state index contributed by atoms with van der Waals surface area (Å²) in [5, 5.41) is 0. The topological polar surface area (TPSA) is 64.4 Å². The van der Waals surface area contributed by atoms with Crippen LogP contribution in [0.1, 0.15) is 39.8 Å². The molecule has 0 aromatic heterocycles. The van der Waals surface area contributed by atoms with Crippen LogP contribution < -0.4 is 11.5 Å². The first-order valence-electron chi connectivity index (χ1n) is 10.4. The minimum atomic E-state index is -0.619. The third-order valence-corrected chi connectivity index (χ3v) is 6.14. The van der Waals surface area contributed by atoms with Gasteiger partial charge in [0.2, 0.25) is 0 Å². The molecule has 30 heavy (non-hydrogen) atoms. The van der Waals surface area contributed by atoms with Gasteiger partial charge in [-0.25, -0.2) is 9.38 Å². The van der Waals surface area contributed by atoms with Crippen molar-refractivity contribution in [1.29, 1.82) is 0 Å². The maximum atomic E-state index is 13.4. The second kappa shape index (κ2) is 8.04. The zero-order valence-corrected chi connectivity index (χ0v) is 17.6. The molecule has 0 unspecified atom stereocenters. The van der Waals surface area contributed by atoms with Gasteiger partial charge in [0.05, 0.1) is 11.1 Å². The molecular formula is C26H28FN3. The first kappa shape index (κ1) is 20.3. The summed E-state index contributed by atoms with van der Waals surface area (Å²) in [6.07, 6.45) is 2.54. The lowest BCUT2D eigenvalue weighted by Crippen LogP contribution is -2.44. The lowest BCUT2D eigenvalue weighted by atomic mass is 9.69. The molecule has 0 saturated carbocycles. The Bertz CT molecular complexity index is 1050. The molecular weight excluding hydrogens is 373 g/mol. The first-order chi connectivity index (χ1) is 14.4. The molecule has 0 radical (unpaired) electrons. The Morgan fingerprint density at radius 2 is 1.43 bits per heavy atom. The summed E-state index contributed by atoms with van der Waals surface area (Å²) in [4.78, 5) is 4.77. The lowest BCUT2D eigenvalue weighted by molar-refractivity contribution is 0.616. The lowest BCUT2D eigenvalue weighted by Gasteiger charge is -2.36. The Morgan fingerprint density at radius 3 is 1.93 bits per heavy atom. The molecule has 0 amide bonds. The minimum absolute atomic E-state index is 0.291. The number of aliphatic imine (C=N–C) groups is 1. The number of halogens is 1. The van der Waals surface area contributed by atoms with E-state index < -0.39 is 5.41 Å². The molecule has 4 rings (SSSR count). The number of nitrogens with two attached hydrogens (primary N) is 2. The number of hydrogen-bond acceptors (Lipinski definition) is 2. The fourth-order valence-electron chi connectivity index (χ4n) is 4.75. The molecule has 4 heteroatoms. The Labute approximate surface area is 177 Å². The van der Waals surface area contributed by atoms with Crippen molar-refractivity contribution in [2.75, 3.05) is 6.54 Å². The highest BCUT2D eigenvalue weighted by Crippen LogP contribution is 2.43. The van der Waals surface area contributed by atoms with Crippen molar-refractivity contribution >= 4 is 11.5 Å². The van der Waals surface area contributed by atoms with Crippen molar-refractivity contribution in [3.05, 3.63) is 99.9 Å². The van der Waals surface area contributed by atoms with Crippen LogP contribution in [0.4, 0.5) is 10.1 Å². The number of hydrogen-bond donors (Lipinski definition) is 2. The van der Waals surface area contributed by atoms with Crippen LogP contribution >= 0.6 is 0 Å². The van der Waals surface area contributed by atoms with E-state index in [1.807, 2.05) is 0 Å². The number of nitrogens with zero attached hydrogens (tertiary/aromatic N) is 1. The van der Waals surface area contributed by atoms with Gasteiger partial charge in [-0.15, -0.1) is 0 Å². The first-order valence-corrected chi connectivity index (χ1v) is 10.4. The second-order valence-corrected chi connectivity index (χ2v) is 8.24. The molecule has 0 fully saturated rings. The van der Waals surface area contributed by atoms with Gasteiger partial charge in [-0.3, -0.25) is 0 Å². The Kier molecular flexibility index (Phi) is 5.44. The number of benzene rings is 3. The molecule has 0 aliphatic heterocycles. The molecule has 0 heterocycles. The van der Waals surface area contributed by atoms with Gasteiger partial charge >= 0.3 is 0 Å². The molecule has 3 aromatic carbocycles. The largest absolute Gasteiger partial charge is 0.386 e. The minimum Gasteiger partial charge on any atom is -0.386 e. The highest BCUT2D eigenvalue weighted by atomic mass is 19.1. The molecule has 1 aliphatic carbocycles. The van der Waals surface area contributed by atoms with Crippen molar-refractivity contribution in [3.63, 3.8) is 0 Å². The van der Waals surface area contributed by atoms with Gasteiger partial charge in [-0.05, 0) is 86.2 Å². The van der Waals surface area contributed by atoms with Crippen molar-refractivity contribution < 1.29 is 4.39 Å². The zero-order valence-electron chi connectivity index (χ0n) is 17.6. The highest BCUT2D eigenvalue weighted by molar-refractivity contribution is 5.98. The van der Waals surface area contributed by atoms with Gasteiger partial charge in [-0.1, -0.05) is 47.5 Å². The van der Waals surface area contributed by atoms with Crippen molar-refractivity contribution in [3.8, 4) is 0 Å². The van der Waals surface area contributed by atoms with E-state index in [2.05, 4.69) is 50.2 Å². The van der Waals surface area contributed by atoms with E-state index in [-0.39, 0.29) is 5.82 Å². The third-order valence-electron chi connectivity index (χ3n) is 6.14. The van der Waals surface area contributed by atoms with Crippen molar-refractivity contribution in [1.82, 2.24) is 0 Å². The molecule has 1 aliphatic rings. The van der Waals surface area contributed by atoms with Crippen LogP contribution in [0.25, 0.3) is 0 Å². The maximum Gasteiger partial charge on any atom is 0.123 e. The van der Waals surface area contributed by atoms with E-state index in [1.54, 1.807) is 12.1 Å². The summed E-state index contributed by atoms with van der Waals surface area (Å²) in [6.45, 7) is 4.70. The Balaban J connectivity index is 2.02. The van der Waals surface area contributed by atoms with Gasteiger partial charge in [-0.2, -0.15) is 0 Å². The Hall–Kier alpha value is -2.98. The van der Waals surface area contributed by atoms with Gasteiger partial charge in [0.1, 0.15) is 11.7 Å². The summed E-state index contributed by atoms with van der Waals surface area (Å²) >= 11 is 0. The van der Waals surface area contributed by atoms with Gasteiger partial charge < -0.3 is 11.5 Å². The van der Waals surface area contributed by atoms with E-state index in [9.17, 15) is 4.39 Å². The van der Waals surface area contributed by atoms with Crippen LogP contribution in [0.5, 0.6) is 0 Å².